The largest absolute Gasteiger partial charge is 0.493 e. The molecule has 0 saturated heterocycles. The molecule has 0 N–H and O–H groups in total. The quantitative estimate of drug-likeness (QED) is 0.222. The van der Waals surface area contributed by atoms with E-state index >= 15 is 0 Å². The van der Waals surface area contributed by atoms with E-state index in [-0.39, 0.29) is 0 Å². The molecule has 0 fully saturated rings. The smallest absolute Gasteiger partial charge is 0.119 e. The van der Waals surface area contributed by atoms with Crippen molar-refractivity contribution in [1.82, 2.24) is 4.57 Å². The predicted molar refractivity (Wildman–Crippen MR) is 135 cm³/mol. The number of ether oxygens (including phenoxy) is 1. The Kier molecular flexibility index (Phi) is 6.84. The molecule has 4 aromatic rings. The predicted octanol–water partition coefficient (Wildman–Crippen LogP) is 8.90. The summed E-state index contributed by atoms with van der Waals surface area (Å²) in [5, 5.41) is 2.51. The zero-order valence-electron chi connectivity index (χ0n) is 17.5. The lowest BCUT2D eigenvalue weighted by atomic mass is 10.0. The van der Waals surface area contributed by atoms with Gasteiger partial charge >= 0.3 is 0 Å². The van der Waals surface area contributed by atoms with Crippen LogP contribution in [0.4, 0.5) is 0 Å². The number of aromatic nitrogens is 1. The molecule has 156 valence electrons. The fourth-order valence-corrected chi connectivity index (χ4v) is 4.74. The van der Waals surface area contributed by atoms with E-state index in [0.717, 1.165) is 27.0 Å². The van der Waals surface area contributed by atoms with E-state index in [4.69, 9.17) is 4.74 Å². The topological polar surface area (TPSA) is 14.2 Å². The van der Waals surface area contributed by atoms with Crippen LogP contribution in [0.2, 0.25) is 0 Å². The molecule has 3 aromatic carbocycles. The molecule has 1 unspecified atom stereocenters. The van der Waals surface area contributed by atoms with Gasteiger partial charge in [-0.25, -0.2) is 0 Å². The lowest BCUT2D eigenvalue weighted by Gasteiger charge is -2.16. The molecule has 2 nitrogen and oxygen atoms in total. The average Bonchev–Trinajstić information content (AvgIpc) is 3.06. The van der Waals surface area contributed by atoms with Gasteiger partial charge in [0.1, 0.15) is 5.75 Å². The number of nitrogens with zero attached hydrogens (tertiary/aromatic N) is 1. The van der Waals surface area contributed by atoms with E-state index < -0.39 is 0 Å². The Morgan fingerprint density at radius 2 is 1.43 bits per heavy atom. The van der Waals surface area contributed by atoms with Crippen LogP contribution in [0.15, 0.2) is 69.6 Å². The molecule has 30 heavy (non-hydrogen) atoms. The molecule has 0 spiro atoms. The molecule has 0 amide bonds. The summed E-state index contributed by atoms with van der Waals surface area (Å²) in [6, 6.07) is 21.5. The van der Waals surface area contributed by atoms with E-state index in [2.05, 4.69) is 111 Å². The first-order chi connectivity index (χ1) is 14.6. The molecule has 1 atom stereocenters. The van der Waals surface area contributed by atoms with Gasteiger partial charge in [-0.1, -0.05) is 77.1 Å². The van der Waals surface area contributed by atoms with Crippen LogP contribution >= 0.6 is 31.9 Å². The maximum absolute atomic E-state index is 6.12. The summed E-state index contributed by atoms with van der Waals surface area (Å²) in [5.41, 5.74) is 3.52. The first-order valence-corrected chi connectivity index (χ1v) is 12.3. The van der Waals surface area contributed by atoms with Crippen LogP contribution in [0.3, 0.4) is 0 Å². The first-order valence-electron chi connectivity index (χ1n) is 10.7. The van der Waals surface area contributed by atoms with Crippen molar-refractivity contribution < 1.29 is 4.74 Å². The number of fused-ring (bicyclic) bond motifs is 3. The molecule has 0 aliphatic heterocycles. The van der Waals surface area contributed by atoms with Crippen molar-refractivity contribution in [2.24, 2.45) is 5.92 Å². The second-order valence-corrected chi connectivity index (χ2v) is 9.71. The van der Waals surface area contributed by atoms with Crippen LogP contribution in [0, 0.1) is 5.92 Å². The summed E-state index contributed by atoms with van der Waals surface area (Å²) in [6.45, 7) is 5.30. The lowest BCUT2D eigenvalue weighted by molar-refractivity contribution is 0.233. The van der Waals surface area contributed by atoms with Crippen molar-refractivity contribution in [2.45, 2.75) is 39.5 Å². The van der Waals surface area contributed by atoms with Crippen molar-refractivity contribution in [3.63, 3.8) is 0 Å². The Bertz CT molecular complexity index is 1090. The highest BCUT2D eigenvalue weighted by atomic mass is 79.9. The number of halogens is 2. The maximum atomic E-state index is 6.12. The molecule has 0 aliphatic carbocycles. The molecule has 0 bridgehead atoms. The van der Waals surface area contributed by atoms with Crippen LogP contribution in [-0.2, 0) is 0 Å². The summed E-state index contributed by atoms with van der Waals surface area (Å²) < 4.78 is 10.6. The summed E-state index contributed by atoms with van der Waals surface area (Å²) in [6.07, 6.45) is 4.94. The minimum absolute atomic E-state index is 0.636. The van der Waals surface area contributed by atoms with Crippen LogP contribution in [0.1, 0.15) is 39.5 Å². The average molecular weight is 529 g/mol. The van der Waals surface area contributed by atoms with Gasteiger partial charge in [0, 0.05) is 25.4 Å². The zero-order valence-corrected chi connectivity index (χ0v) is 20.7. The van der Waals surface area contributed by atoms with Gasteiger partial charge in [-0.15, -0.1) is 0 Å². The Labute approximate surface area is 195 Å². The maximum Gasteiger partial charge on any atom is 0.119 e. The minimum atomic E-state index is 0.636. The van der Waals surface area contributed by atoms with E-state index in [1.54, 1.807) is 0 Å². The summed E-state index contributed by atoms with van der Waals surface area (Å²) >= 11 is 7.28. The van der Waals surface area contributed by atoms with Gasteiger partial charge in [0.05, 0.1) is 17.6 Å². The molecule has 1 aromatic heterocycles. The lowest BCUT2D eigenvalue weighted by Crippen LogP contribution is -2.11. The SMILES string of the molecule is CCCCC(CC)COc1ccc(-n2c3cc(Br)ccc3c3ccc(Br)cc32)cc1. The van der Waals surface area contributed by atoms with Crippen LogP contribution in [0.25, 0.3) is 27.5 Å². The van der Waals surface area contributed by atoms with E-state index in [1.165, 1.54) is 47.5 Å². The van der Waals surface area contributed by atoms with Crippen molar-refractivity contribution in [3.8, 4) is 11.4 Å². The minimum Gasteiger partial charge on any atom is -0.493 e. The number of rotatable bonds is 8. The van der Waals surface area contributed by atoms with Crippen LogP contribution in [0.5, 0.6) is 5.75 Å². The summed E-state index contributed by atoms with van der Waals surface area (Å²) in [5.74, 6) is 1.58. The number of benzene rings is 3. The van der Waals surface area contributed by atoms with Crippen LogP contribution < -0.4 is 4.74 Å². The fourth-order valence-electron chi connectivity index (χ4n) is 4.05. The Hall–Kier alpha value is -1.78. The zero-order chi connectivity index (χ0) is 21.1. The third-order valence-electron chi connectivity index (χ3n) is 5.82. The molecule has 1 heterocycles. The van der Waals surface area contributed by atoms with Gasteiger partial charge in [0.15, 0.2) is 0 Å². The third-order valence-corrected chi connectivity index (χ3v) is 6.80. The van der Waals surface area contributed by atoms with Crippen molar-refractivity contribution in [3.05, 3.63) is 69.6 Å². The Morgan fingerprint density at radius 1 is 0.833 bits per heavy atom. The summed E-state index contributed by atoms with van der Waals surface area (Å²) in [7, 11) is 0. The normalized spacial score (nSPS) is 12.5. The van der Waals surface area contributed by atoms with Gasteiger partial charge in [0.2, 0.25) is 0 Å². The van der Waals surface area contributed by atoms with Gasteiger partial charge < -0.3 is 9.30 Å². The highest BCUT2D eigenvalue weighted by Gasteiger charge is 2.13. The first kappa shape index (κ1) is 21.5. The fraction of sp³-hybridized carbons (Fsp3) is 0.308. The Morgan fingerprint density at radius 3 is 1.97 bits per heavy atom. The monoisotopic (exact) mass is 527 g/mol. The number of unbranched alkanes of at least 4 members (excludes halogenated alkanes) is 1. The molecule has 0 saturated carbocycles. The highest BCUT2D eigenvalue weighted by molar-refractivity contribution is 9.10. The molecule has 0 aliphatic rings. The van der Waals surface area contributed by atoms with Crippen LogP contribution in [-0.4, -0.2) is 11.2 Å². The van der Waals surface area contributed by atoms with Gasteiger partial charge in [-0.05, 0) is 60.9 Å². The van der Waals surface area contributed by atoms with Crippen molar-refractivity contribution in [2.75, 3.05) is 6.61 Å². The summed E-state index contributed by atoms with van der Waals surface area (Å²) in [4.78, 5) is 0. The van der Waals surface area contributed by atoms with E-state index in [0.29, 0.717) is 5.92 Å². The molecule has 0 radical (unpaired) electrons. The van der Waals surface area contributed by atoms with Crippen molar-refractivity contribution >= 4 is 53.7 Å². The molecular formula is C26H27Br2NO. The second-order valence-electron chi connectivity index (χ2n) is 7.88. The molecular weight excluding hydrogens is 502 g/mol. The van der Waals surface area contributed by atoms with Gasteiger partial charge in [-0.3, -0.25) is 0 Å². The van der Waals surface area contributed by atoms with Gasteiger partial charge in [0.25, 0.3) is 0 Å². The standard InChI is InChI=1S/C26H27Br2NO/c1-3-5-6-18(4-2)17-30-22-11-9-21(10-12-22)29-25-15-19(27)7-13-23(25)24-14-8-20(28)16-26(24)29/h7-16,18H,3-6,17H2,1-2H3. The second kappa shape index (κ2) is 9.57. The van der Waals surface area contributed by atoms with E-state index in [9.17, 15) is 0 Å². The Balaban J connectivity index is 1.67. The number of hydrogen-bond donors (Lipinski definition) is 0. The van der Waals surface area contributed by atoms with Crippen molar-refractivity contribution in [1.29, 1.82) is 0 Å². The van der Waals surface area contributed by atoms with Gasteiger partial charge in [-0.2, -0.15) is 0 Å². The molecule has 4 rings (SSSR count). The third kappa shape index (κ3) is 4.45. The molecule has 4 heteroatoms. The highest BCUT2D eigenvalue weighted by Crippen LogP contribution is 2.35. The van der Waals surface area contributed by atoms with E-state index in [1.807, 2.05) is 0 Å². The number of hydrogen-bond acceptors (Lipinski definition) is 1.